The number of rotatable bonds is 1. The first-order valence-corrected chi connectivity index (χ1v) is 5.59. The van der Waals surface area contributed by atoms with Crippen LogP contribution < -0.4 is 10.6 Å². The fourth-order valence-corrected chi connectivity index (χ4v) is 1.80. The van der Waals surface area contributed by atoms with Gasteiger partial charge in [0.05, 0.1) is 0 Å². The van der Waals surface area contributed by atoms with Crippen molar-refractivity contribution in [1.29, 1.82) is 0 Å². The predicted octanol–water partition coefficient (Wildman–Crippen LogP) is 0.668. The van der Waals surface area contributed by atoms with Gasteiger partial charge in [0, 0.05) is 25.2 Å². The molecular formula is C11H22N2O2. The average molecular weight is 214 g/mol. The molecule has 2 aliphatic rings. The largest absolute Gasteiger partial charge is 0.462 e. The average Bonchev–Trinajstić information content (AvgIpc) is 2.45. The second-order valence-corrected chi connectivity index (χ2v) is 5.12. The number of nitrogens with one attached hydrogen (secondary N) is 2. The number of carbonyl (C=O) groups is 1. The Labute approximate surface area is 91.8 Å². The first-order valence-electron chi connectivity index (χ1n) is 5.59. The van der Waals surface area contributed by atoms with Crippen LogP contribution in [0.15, 0.2) is 0 Å². The quantitative estimate of drug-likeness (QED) is 0.630. The molecular weight excluding hydrogens is 192 g/mol. The molecule has 0 spiro atoms. The molecule has 0 amide bonds. The zero-order chi connectivity index (χ0) is 11.3. The summed E-state index contributed by atoms with van der Waals surface area (Å²) in [5.41, 5.74) is -0.318. The lowest BCUT2D eigenvalue weighted by molar-refractivity contribution is -0.138. The highest BCUT2D eigenvalue weighted by Gasteiger charge is 2.26. The molecule has 0 aromatic rings. The summed E-state index contributed by atoms with van der Waals surface area (Å²) in [5, 5.41) is 6.91. The standard InChI is InChI=1S/C6H12N2.C5H10O2/c1-2-6-4-7-3-5(1)8-6;1-5(2,3)7-4-6/h5-8H,1-4H2;4H,1-3H3. The lowest BCUT2D eigenvalue weighted by Gasteiger charge is -2.21. The number of carbonyl (C=O) groups excluding carboxylic acids is 1. The van der Waals surface area contributed by atoms with Gasteiger partial charge in [-0.2, -0.15) is 0 Å². The third kappa shape index (κ3) is 5.14. The van der Waals surface area contributed by atoms with Crippen LogP contribution in [0.25, 0.3) is 0 Å². The van der Waals surface area contributed by atoms with Crippen LogP contribution in [0.2, 0.25) is 0 Å². The zero-order valence-electron chi connectivity index (χ0n) is 9.88. The van der Waals surface area contributed by atoms with E-state index in [1.165, 1.54) is 25.9 Å². The molecule has 0 radical (unpaired) electrons. The van der Waals surface area contributed by atoms with Crippen LogP contribution in [0.4, 0.5) is 0 Å². The smallest absolute Gasteiger partial charge is 0.293 e. The van der Waals surface area contributed by atoms with E-state index in [1.807, 2.05) is 20.8 Å². The molecule has 15 heavy (non-hydrogen) atoms. The van der Waals surface area contributed by atoms with Gasteiger partial charge in [-0.3, -0.25) is 4.79 Å². The van der Waals surface area contributed by atoms with E-state index in [1.54, 1.807) is 0 Å². The van der Waals surface area contributed by atoms with Gasteiger partial charge in [-0.15, -0.1) is 0 Å². The summed E-state index contributed by atoms with van der Waals surface area (Å²) in [6.45, 7) is 8.30. The molecule has 2 heterocycles. The van der Waals surface area contributed by atoms with E-state index in [2.05, 4.69) is 15.4 Å². The number of piperazine rings is 1. The fraction of sp³-hybridized carbons (Fsp3) is 0.909. The van der Waals surface area contributed by atoms with Crippen LogP contribution in [0.5, 0.6) is 0 Å². The highest BCUT2D eigenvalue weighted by atomic mass is 16.5. The molecule has 4 heteroatoms. The van der Waals surface area contributed by atoms with E-state index < -0.39 is 0 Å². The van der Waals surface area contributed by atoms with Gasteiger partial charge < -0.3 is 15.4 Å². The van der Waals surface area contributed by atoms with Crippen LogP contribution in [-0.2, 0) is 9.53 Å². The first-order chi connectivity index (χ1) is 7.01. The minimum atomic E-state index is -0.318. The second-order valence-electron chi connectivity index (χ2n) is 5.12. The molecule has 2 unspecified atom stereocenters. The Morgan fingerprint density at radius 1 is 1.20 bits per heavy atom. The second kappa shape index (κ2) is 5.47. The maximum absolute atomic E-state index is 9.60. The minimum Gasteiger partial charge on any atom is -0.462 e. The molecule has 2 bridgehead atoms. The highest BCUT2D eigenvalue weighted by Crippen LogP contribution is 2.13. The number of hydrogen-bond acceptors (Lipinski definition) is 4. The van der Waals surface area contributed by atoms with Gasteiger partial charge in [-0.25, -0.2) is 0 Å². The summed E-state index contributed by atoms with van der Waals surface area (Å²) < 4.78 is 4.55. The molecule has 2 aliphatic heterocycles. The summed E-state index contributed by atoms with van der Waals surface area (Å²) in [5.74, 6) is 0. The van der Waals surface area contributed by atoms with Gasteiger partial charge in [0.15, 0.2) is 0 Å². The van der Waals surface area contributed by atoms with Gasteiger partial charge in [0.25, 0.3) is 6.47 Å². The van der Waals surface area contributed by atoms with Gasteiger partial charge in [0.2, 0.25) is 0 Å². The van der Waals surface area contributed by atoms with Crippen LogP contribution in [-0.4, -0.2) is 37.2 Å². The molecule has 4 nitrogen and oxygen atoms in total. The number of hydrogen-bond donors (Lipinski definition) is 2. The summed E-state index contributed by atoms with van der Waals surface area (Å²) in [6.07, 6.45) is 2.77. The SMILES string of the molecule is C1CC2CNCC1N2.CC(C)(C)OC=O. The Kier molecular flexibility index (Phi) is 4.54. The minimum absolute atomic E-state index is 0.318. The van der Waals surface area contributed by atoms with Crippen molar-refractivity contribution >= 4 is 6.47 Å². The zero-order valence-corrected chi connectivity index (χ0v) is 9.88. The first kappa shape index (κ1) is 12.5. The van der Waals surface area contributed by atoms with Crippen molar-refractivity contribution < 1.29 is 9.53 Å². The highest BCUT2D eigenvalue weighted by molar-refractivity contribution is 5.37. The maximum atomic E-state index is 9.60. The topological polar surface area (TPSA) is 50.4 Å². The van der Waals surface area contributed by atoms with E-state index in [9.17, 15) is 4.79 Å². The molecule has 88 valence electrons. The van der Waals surface area contributed by atoms with Crippen molar-refractivity contribution in [2.45, 2.75) is 51.3 Å². The lowest BCUT2D eigenvalue weighted by Crippen LogP contribution is -2.48. The van der Waals surface area contributed by atoms with E-state index in [0.29, 0.717) is 6.47 Å². The van der Waals surface area contributed by atoms with Crippen molar-refractivity contribution in [3.05, 3.63) is 0 Å². The Bertz CT molecular complexity index is 187. The van der Waals surface area contributed by atoms with E-state index in [4.69, 9.17) is 0 Å². The normalized spacial score (nSPS) is 29.0. The Morgan fingerprint density at radius 2 is 1.73 bits per heavy atom. The molecule has 2 saturated heterocycles. The summed E-state index contributed by atoms with van der Waals surface area (Å²) in [7, 11) is 0. The van der Waals surface area contributed by atoms with E-state index >= 15 is 0 Å². The van der Waals surface area contributed by atoms with E-state index in [-0.39, 0.29) is 5.60 Å². The molecule has 0 saturated carbocycles. The molecule has 2 atom stereocenters. The van der Waals surface area contributed by atoms with Crippen LogP contribution in [0.3, 0.4) is 0 Å². The van der Waals surface area contributed by atoms with Crippen LogP contribution in [0.1, 0.15) is 33.6 Å². The molecule has 2 rings (SSSR count). The third-order valence-corrected chi connectivity index (χ3v) is 2.52. The molecule has 2 fully saturated rings. The molecule has 0 aromatic heterocycles. The van der Waals surface area contributed by atoms with Crippen LogP contribution in [0, 0.1) is 0 Å². The fourth-order valence-electron chi connectivity index (χ4n) is 1.80. The summed E-state index contributed by atoms with van der Waals surface area (Å²) in [4.78, 5) is 9.60. The Morgan fingerprint density at radius 3 is 2.00 bits per heavy atom. The Balaban J connectivity index is 0.000000153. The number of fused-ring (bicyclic) bond motifs is 2. The van der Waals surface area contributed by atoms with Crippen molar-refractivity contribution in [3.8, 4) is 0 Å². The Hall–Kier alpha value is -0.610. The van der Waals surface area contributed by atoms with Gasteiger partial charge >= 0.3 is 0 Å². The molecule has 2 N–H and O–H groups in total. The van der Waals surface area contributed by atoms with Crippen molar-refractivity contribution in [2.75, 3.05) is 13.1 Å². The van der Waals surface area contributed by atoms with Gasteiger partial charge in [-0.05, 0) is 33.6 Å². The lowest BCUT2D eigenvalue weighted by atomic mass is 10.2. The van der Waals surface area contributed by atoms with Crippen LogP contribution >= 0.6 is 0 Å². The third-order valence-electron chi connectivity index (χ3n) is 2.52. The van der Waals surface area contributed by atoms with Crippen molar-refractivity contribution in [3.63, 3.8) is 0 Å². The maximum Gasteiger partial charge on any atom is 0.293 e. The van der Waals surface area contributed by atoms with Crippen molar-refractivity contribution in [2.24, 2.45) is 0 Å². The van der Waals surface area contributed by atoms with Gasteiger partial charge in [-0.1, -0.05) is 0 Å². The summed E-state index contributed by atoms with van der Waals surface area (Å²) in [6, 6.07) is 1.60. The molecule has 0 aromatic carbocycles. The van der Waals surface area contributed by atoms with E-state index in [0.717, 1.165) is 12.1 Å². The summed E-state index contributed by atoms with van der Waals surface area (Å²) >= 11 is 0. The molecule has 0 aliphatic carbocycles. The number of ether oxygens (including phenoxy) is 1. The monoisotopic (exact) mass is 214 g/mol. The predicted molar refractivity (Wildman–Crippen MR) is 59.7 cm³/mol. The van der Waals surface area contributed by atoms with Crippen molar-refractivity contribution in [1.82, 2.24) is 10.6 Å². The van der Waals surface area contributed by atoms with Gasteiger partial charge in [0.1, 0.15) is 5.60 Å².